The average molecular weight is 270 g/mol. The van der Waals surface area contributed by atoms with E-state index < -0.39 is 0 Å². The Morgan fingerprint density at radius 2 is 2.25 bits per heavy atom. The normalized spacial score (nSPS) is 16.6. The van der Waals surface area contributed by atoms with E-state index in [2.05, 4.69) is 9.98 Å². The van der Waals surface area contributed by atoms with Crippen LogP contribution in [-0.2, 0) is 6.42 Å². The summed E-state index contributed by atoms with van der Waals surface area (Å²) in [6, 6.07) is 5.80. The smallest absolute Gasteiger partial charge is 0.159 e. The highest BCUT2D eigenvalue weighted by molar-refractivity contribution is 6.07. The number of rotatable bonds is 3. The van der Waals surface area contributed by atoms with E-state index in [1.54, 1.807) is 6.92 Å². The van der Waals surface area contributed by atoms with Crippen molar-refractivity contribution in [1.29, 1.82) is 0 Å². The fourth-order valence-electron chi connectivity index (χ4n) is 2.87. The van der Waals surface area contributed by atoms with Crippen molar-refractivity contribution in [3.63, 3.8) is 0 Å². The molecule has 1 aromatic heterocycles. The number of aromatic amines is 1. The maximum atomic E-state index is 11.5. The van der Waals surface area contributed by atoms with E-state index in [9.17, 15) is 4.79 Å². The summed E-state index contributed by atoms with van der Waals surface area (Å²) in [5.74, 6) is 0.0897. The summed E-state index contributed by atoms with van der Waals surface area (Å²) < 4.78 is 0. The number of carbonyl (C=O) groups excluding carboxylic acids is 1. The summed E-state index contributed by atoms with van der Waals surface area (Å²) in [7, 11) is 0. The fourth-order valence-corrected chi connectivity index (χ4v) is 2.87. The molecule has 104 valence electrons. The number of fused-ring (bicyclic) bond motifs is 3. The Bertz CT molecular complexity index is 698. The Morgan fingerprint density at radius 1 is 1.40 bits per heavy atom. The molecule has 0 aliphatic heterocycles. The Kier molecular flexibility index (Phi) is 3.40. The standard InChI is InChI=1S/C16H18N2O2/c1-10(20)11-5-6-14-13(9-11)12-3-2-4-15(16(12)18-14)17-7-8-19/h5-6,9,18-19H,2-4,7-8H2,1H3. The number of Topliss-reactive ketones (excluding diaryl/α,β-unsaturated/α-hetero) is 1. The molecule has 4 nitrogen and oxygen atoms in total. The molecule has 0 unspecified atom stereocenters. The zero-order valence-corrected chi connectivity index (χ0v) is 11.6. The van der Waals surface area contributed by atoms with Gasteiger partial charge in [0, 0.05) is 16.5 Å². The number of benzene rings is 1. The van der Waals surface area contributed by atoms with Gasteiger partial charge in [0.25, 0.3) is 0 Å². The van der Waals surface area contributed by atoms with Crippen molar-refractivity contribution in [2.75, 3.05) is 13.2 Å². The van der Waals surface area contributed by atoms with Crippen LogP contribution in [-0.4, -0.2) is 34.7 Å². The van der Waals surface area contributed by atoms with Crippen molar-refractivity contribution in [3.05, 3.63) is 35.0 Å². The Morgan fingerprint density at radius 3 is 3.00 bits per heavy atom. The Hall–Kier alpha value is -1.94. The molecule has 1 heterocycles. The summed E-state index contributed by atoms with van der Waals surface area (Å²) >= 11 is 0. The van der Waals surface area contributed by atoms with Crippen LogP contribution in [0.2, 0.25) is 0 Å². The number of aryl methyl sites for hydroxylation is 1. The van der Waals surface area contributed by atoms with Crippen molar-refractivity contribution in [3.8, 4) is 0 Å². The minimum Gasteiger partial charge on any atom is -0.394 e. The van der Waals surface area contributed by atoms with Gasteiger partial charge < -0.3 is 10.1 Å². The SMILES string of the molecule is CC(=O)c1ccc2[nH]c3c(c2c1)CCCC3=NCCO. The third-order valence-electron chi connectivity index (χ3n) is 3.84. The molecule has 0 saturated carbocycles. The molecule has 20 heavy (non-hydrogen) atoms. The van der Waals surface area contributed by atoms with Gasteiger partial charge in [-0.2, -0.15) is 0 Å². The summed E-state index contributed by atoms with van der Waals surface area (Å²) in [6.07, 6.45) is 3.02. The first kappa shape index (κ1) is 13.1. The molecule has 0 spiro atoms. The van der Waals surface area contributed by atoms with Crippen molar-refractivity contribution >= 4 is 22.4 Å². The number of carbonyl (C=O) groups is 1. The third kappa shape index (κ3) is 2.16. The van der Waals surface area contributed by atoms with Gasteiger partial charge in [-0.25, -0.2) is 0 Å². The van der Waals surface area contributed by atoms with Gasteiger partial charge in [-0.3, -0.25) is 9.79 Å². The molecule has 0 bridgehead atoms. The van der Waals surface area contributed by atoms with E-state index >= 15 is 0 Å². The molecule has 2 aromatic rings. The topological polar surface area (TPSA) is 65.5 Å². The van der Waals surface area contributed by atoms with E-state index in [4.69, 9.17) is 5.11 Å². The van der Waals surface area contributed by atoms with Gasteiger partial charge in [-0.05, 0) is 49.9 Å². The van der Waals surface area contributed by atoms with Crippen LogP contribution in [0.4, 0.5) is 0 Å². The summed E-state index contributed by atoms with van der Waals surface area (Å²) in [5.41, 5.74) is 5.18. The predicted octanol–water partition coefficient (Wildman–Crippen LogP) is 2.49. The average Bonchev–Trinajstić information content (AvgIpc) is 2.83. The molecule has 3 rings (SSSR count). The highest BCUT2D eigenvalue weighted by Crippen LogP contribution is 2.30. The summed E-state index contributed by atoms with van der Waals surface area (Å²) in [4.78, 5) is 19.4. The van der Waals surface area contributed by atoms with Crippen molar-refractivity contribution < 1.29 is 9.90 Å². The number of ketones is 1. The molecular weight excluding hydrogens is 252 g/mol. The van der Waals surface area contributed by atoms with Gasteiger partial charge in [0.2, 0.25) is 0 Å². The van der Waals surface area contributed by atoms with Crippen LogP contribution < -0.4 is 0 Å². The van der Waals surface area contributed by atoms with Gasteiger partial charge in [0.15, 0.2) is 5.78 Å². The zero-order valence-electron chi connectivity index (χ0n) is 11.6. The van der Waals surface area contributed by atoms with E-state index in [1.807, 2.05) is 18.2 Å². The minimum absolute atomic E-state index is 0.0769. The van der Waals surface area contributed by atoms with E-state index in [0.717, 1.165) is 47.1 Å². The van der Waals surface area contributed by atoms with E-state index in [-0.39, 0.29) is 12.4 Å². The number of hydrogen-bond donors (Lipinski definition) is 2. The lowest BCUT2D eigenvalue weighted by Crippen LogP contribution is -2.12. The second kappa shape index (κ2) is 5.21. The fraction of sp³-hybridized carbons (Fsp3) is 0.375. The van der Waals surface area contributed by atoms with Gasteiger partial charge >= 0.3 is 0 Å². The predicted molar refractivity (Wildman–Crippen MR) is 79.7 cm³/mol. The molecule has 2 N–H and O–H groups in total. The van der Waals surface area contributed by atoms with Gasteiger partial charge in [0.05, 0.1) is 24.6 Å². The monoisotopic (exact) mass is 270 g/mol. The lowest BCUT2D eigenvalue weighted by molar-refractivity contribution is 0.101. The molecule has 0 atom stereocenters. The first-order chi connectivity index (χ1) is 9.70. The molecule has 1 aliphatic carbocycles. The molecular formula is C16H18N2O2. The molecule has 0 fully saturated rings. The van der Waals surface area contributed by atoms with Crippen LogP contribution in [0.25, 0.3) is 10.9 Å². The molecule has 1 aliphatic rings. The van der Waals surface area contributed by atoms with Crippen LogP contribution >= 0.6 is 0 Å². The quantitative estimate of drug-likeness (QED) is 0.841. The Labute approximate surface area is 117 Å². The summed E-state index contributed by atoms with van der Waals surface area (Å²) in [6.45, 7) is 2.12. The number of H-pyrrole nitrogens is 1. The number of aliphatic imine (C=N–C) groups is 1. The van der Waals surface area contributed by atoms with Crippen molar-refractivity contribution in [1.82, 2.24) is 4.98 Å². The maximum absolute atomic E-state index is 11.5. The van der Waals surface area contributed by atoms with Crippen LogP contribution in [0.15, 0.2) is 23.2 Å². The molecule has 0 saturated heterocycles. The van der Waals surface area contributed by atoms with Crippen molar-refractivity contribution in [2.45, 2.75) is 26.2 Å². The third-order valence-corrected chi connectivity index (χ3v) is 3.84. The second-order valence-electron chi connectivity index (χ2n) is 5.20. The lowest BCUT2D eigenvalue weighted by atomic mass is 9.93. The number of aromatic nitrogens is 1. The van der Waals surface area contributed by atoms with Crippen molar-refractivity contribution in [2.24, 2.45) is 4.99 Å². The number of hydrogen-bond acceptors (Lipinski definition) is 3. The number of aliphatic hydroxyl groups excluding tert-OH is 1. The molecule has 1 aromatic carbocycles. The number of nitrogens with zero attached hydrogens (tertiary/aromatic N) is 1. The highest BCUT2D eigenvalue weighted by Gasteiger charge is 2.20. The maximum Gasteiger partial charge on any atom is 0.159 e. The number of aliphatic hydroxyl groups is 1. The molecule has 0 radical (unpaired) electrons. The van der Waals surface area contributed by atoms with Crippen LogP contribution in [0.5, 0.6) is 0 Å². The molecule has 0 amide bonds. The lowest BCUT2D eigenvalue weighted by Gasteiger charge is -2.14. The van der Waals surface area contributed by atoms with Crippen LogP contribution in [0.3, 0.4) is 0 Å². The zero-order chi connectivity index (χ0) is 14.1. The van der Waals surface area contributed by atoms with Gasteiger partial charge in [-0.15, -0.1) is 0 Å². The second-order valence-corrected chi connectivity index (χ2v) is 5.20. The first-order valence-electron chi connectivity index (χ1n) is 7.01. The van der Waals surface area contributed by atoms with E-state index in [1.165, 1.54) is 5.56 Å². The highest BCUT2D eigenvalue weighted by atomic mass is 16.3. The van der Waals surface area contributed by atoms with Crippen LogP contribution in [0, 0.1) is 0 Å². The van der Waals surface area contributed by atoms with Gasteiger partial charge in [-0.1, -0.05) is 0 Å². The first-order valence-corrected chi connectivity index (χ1v) is 7.01. The minimum atomic E-state index is 0.0769. The number of nitrogens with one attached hydrogen (secondary N) is 1. The van der Waals surface area contributed by atoms with Crippen LogP contribution in [0.1, 0.15) is 41.4 Å². The van der Waals surface area contributed by atoms with E-state index in [0.29, 0.717) is 6.54 Å². The molecule has 4 heteroatoms. The Balaban J connectivity index is 2.14. The van der Waals surface area contributed by atoms with Gasteiger partial charge in [0.1, 0.15) is 0 Å². The summed E-state index contributed by atoms with van der Waals surface area (Å²) in [5, 5.41) is 10.1. The largest absolute Gasteiger partial charge is 0.394 e.